The number of sulfonamides is 1. The molecule has 0 saturated carbocycles. The van der Waals surface area contributed by atoms with Crippen molar-refractivity contribution in [2.24, 2.45) is 16.5 Å². The molecule has 0 fully saturated rings. The van der Waals surface area contributed by atoms with E-state index < -0.39 is 40.0 Å². The van der Waals surface area contributed by atoms with Crippen molar-refractivity contribution in [2.45, 2.75) is 63.0 Å². The fourth-order valence-corrected chi connectivity index (χ4v) is 7.54. The van der Waals surface area contributed by atoms with Crippen molar-refractivity contribution in [3.8, 4) is 11.5 Å². The van der Waals surface area contributed by atoms with Gasteiger partial charge in [0.2, 0.25) is 17.8 Å². The Balaban J connectivity index is 1.61. The molecule has 0 heterocycles. The molecular weight excluding hydrogens is 697 g/mol. The molecule has 3 aromatic carbocycles. The normalized spacial score (nSPS) is 12.7. The molecule has 0 aromatic heterocycles. The molecule has 51 heavy (non-hydrogen) atoms. The van der Waals surface area contributed by atoms with E-state index in [0.717, 1.165) is 11.1 Å². The van der Waals surface area contributed by atoms with Gasteiger partial charge < -0.3 is 36.3 Å². The third kappa shape index (κ3) is 13.0. The highest BCUT2D eigenvalue weighted by atomic mass is 32.2. The molecule has 0 aliphatic heterocycles. The van der Waals surface area contributed by atoms with Gasteiger partial charge in [0, 0.05) is 18.1 Å². The fourth-order valence-electron chi connectivity index (χ4n) is 5.12. The van der Waals surface area contributed by atoms with E-state index in [0.29, 0.717) is 33.9 Å². The lowest BCUT2D eigenvalue weighted by Crippen LogP contribution is -2.54. The third-order valence-electron chi connectivity index (χ3n) is 7.56. The minimum Gasteiger partial charge on any atom is -0.497 e. The predicted octanol–water partition coefficient (Wildman–Crippen LogP) is 3.20. The highest BCUT2D eigenvalue weighted by molar-refractivity contribution is 7.98. The first kappa shape index (κ1) is 40.5. The van der Waals surface area contributed by atoms with E-state index in [-0.39, 0.29) is 42.6 Å². The molecule has 0 aliphatic carbocycles. The van der Waals surface area contributed by atoms with Gasteiger partial charge in [-0.25, -0.2) is 17.9 Å². The second kappa shape index (κ2) is 19.4. The summed E-state index contributed by atoms with van der Waals surface area (Å²) in [6.45, 7) is 5.27. The van der Waals surface area contributed by atoms with Crippen LogP contribution < -0.4 is 36.3 Å². The van der Waals surface area contributed by atoms with E-state index in [9.17, 15) is 22.8 Å². The number of primary amides is 1. The molecule has 16 heteroatoms. The maximum absolute atomic E-state index is 13.4. The van der Waals surface area contributed by atoms with Crippen LogP contribution in [-0.2, 0) is 36.7 Å². The summed E-state index contributed by atoms with van der Waals surface area (Å²) >= 11 is 1.39. The van der Waals surface area contributed by atoms with Crippen LogP contribution >= 0.6 is 11.8 Å². The minimum absolute atomic E-state index is 0.0386. The zero-order chi connectivity index (χ0) is 37.6. The van der Waals surface area contributed by atoms with E-state index in [1.54, 1.807) is 64.5 Å². The molecule has 276 valence electrons. The zero-order valence-electron chi connectivity index (χ0n) is 29.4. The highest BCUT2D eigenvalue weighted by Gasteiger charge is 2.26. The minimum atomic E-state index is -3.99. The smallest absolute Gasteiger partial charge is 0.408 e. The largest absolute Gasteiger partial charge is 0.497 e. The van der Waals surface area contributed by atoms with Gasteiger partial charge in [-0.15, -0.1) is 0 Å². The first-order valence-electron chi connectivity index (χ1n) is 16.0. The van der Waals surface area contributed by atoms with Crippen LogP contribution in [0.5, 0.6) is 11.5 Å². The average Bonchev–Trinajstić information content (AvgIpc) is 3.07. The number of hydrogen-bond acceptors (Lipinski definition) is 10. The first-order chi connectivity index (χ1) is 24.2. The number of alkyl carbamates (subject to hydrolysis) is 1. The van der Waals surface area contributed by atoms with Gasteiger partial charge in [-0.3, -0.25) is 14.6 Å². The number of guanidine groups is 1. The lowest BCUT2D eigenvalue weighted by molar-refractivity contribution is -0.128. The number of hydrogen-bond donors (Lipinski definition) is 5. The summed E-state index contributed by atoms with van der Waals surface area (Å²) in [4.78, 5) is 42.7. The number of aryl methyl sites for hydroxylation is 3. The number of methoxy groups -OCH3 is 2. The van der Waals surface area contributed by atoms with Gasteiger partial charge in [0.25, 0.3) is 10.0 Å². The number of aliphatic imine (C=N–C) groups is 1. The van der Waals surface area contributed by atoms with E-state index in [1.165, 1.54) is 11.8 Å². The quantitative estimate of drug-likeness (QED) is 0.0729. The number of ether oxygens (including phenoxy) is 3. The van der Waals surface area contributed by atoms with E-state index in [1.807, 2.05) is 31.2 Å². The van der Waals surface area contributed by atoms with Crippen molar-refractivity contribution in [1.29, 1.82) is 0 Å². The highest BCUT2D eigenvalue weighted by Crippen LogP contribution is 2.22. The lowest BCUT2D eigenvalue weighted by Gasteiger charge is -2.21. The molecule has 0 unspecified atom stereocenters. The van der Waals surface area contributed by atoms with Crippen LogP contribution in [0, 0.1) is 20.8 Å². The van der Waals surface area contributed by atoms with E-state index in [2.05, 4.69) is 20.3 Å². The van der Waals surface area contributed by atoms with Gasteiger partial charge in [-0.05, 0) is 80.1 Å². The molecule has 0 spiro atoms. The van der Waals surface area contributed by atoms with Crippen molar-refractivity contribution in [3.05, 3.63) is 88.5 Å². The number of amides is 3. The van der Waals surface area contributed by atoms with Gasteiger partial charge in [-0.2, -0.15) is 11.8 Å². The number of benzene rings is 3. The van der Waals surface area contributed by atoms with Crippen LogP contribution in [-0.4, -0.2) is 70.9 Å². The summed E-state index contributed by atoms with van der Waals surface area (Å²) in [6, 6.07) is 15.7. The predicted molar refractivity (Wildman–Crippen MR) is 197 cm³/mol. The Hall–Kier alpha value is -4.96. The molecule has 0 saturated heterocycles. The third-order valence-corrected chi connectivity index (χ3v) is 10.3. The molecule has 0 bridgehead atoms. The summed E-state index contributed by atoms with van der Waals surface area (Å²) in [5.74, 6) is 0.298. The number of nitrogens with one attached hydrogen (secondary N) is 3. The second-order valence-corrected chi connectivity index (χ2v) is 14.3. The van der Waals surface area contributed by atoms with Crippen LogP contribution in [0.4, 0.5) is 4.79 Å². The Kier molecular flexibility index (Phi) is 15.4. The Morgan fingerprint density at radius 1 is 0.843 bits per heavy atom. The topological polar surface area (TPSA) is 214 Å². The van der Waals surface area contributed by atoms with Crippen molar-refractivity contribution in [1.82, 2.24) is 15.4 Å². The van der Waals surface area contributed by atoms with Crippen molar-refractivity contribution in [3.63, 3.8) is 0 Å². The number of carbonyl (C=O) groups is 3. The maximum atomic E-state index is 13.4. The van der Waals surface area contributed by atoms with Crippen molar-refractivity contribution in [2.75, 3.05) is 26.5 Å². The molecular formula is C35H46N6O8S2. The van der Waals surface area contributed by atoms with Crippen LogP contribution in [0.1, 0.15) is 40.7 Å². The Labute approximate surface area is 303 Å². The molecule has 2 atom stereocenters. The van der Waals surface area contributed by atoms with Gasteiger partial charge in [0.15, 0.2) is 0 Å². The summed E-state index contributed by atoms with van der Waals surface area (Å²) in [7, 11) is -0.862. The van der Waals surface area contributed by atoms with Gasteiger partial charge in [0.05, 0.1) is 19.1 Å². The number of rotatable bonds is 18. The monoisotopic (exact) mass is 742 g/mol. The molecule has 7 N–H and O–H groups in total. The summed E-state index contributed by atoms with van der Waals surface area (Å²) in [5, 5.41) is 5.21. The van der Waals surface area contributed by atoms with Crippen LogP contribution in [0.3, 0.4) is 0 Å². The van der Waals surface area contributed by atoms with Crippen molar-refractivity contribution >= 4 is 45.7 Å². The van der Waals surface area contributed by atoms with Crippen LogP contribution in [0.15, 0.2) is 70.6 Å². The molecule has 14 nitrogen and oxygen atoms in total. The van der Waals surface area contributed by atoms with Crippen molar-refractivity contribution < 1.29 is 37.0 Å². The Morgan fingerprint density at radius 3 is 1.96 bits per heavy atom. The van der Waals surface area contributed by atoms with E-state index in [4.69, 9.17) is 25.7 Å². The Bertz CT molecular complexity index is 1760. The molecule has 3 aromatic rings. The molecule has 3 amide bonds. The van der Waals surface area contributed by atoms with E-state index >= 15 is 0 Å². The average molecular weight is 743 g/mol. The maximum Gasteiger partial charge on any atom is 0.408 e. The zero-order valence-corrected chi connectivity index (χ0v) is 31.0. The Morgan fingerprint density at radius 2 is 1.41 bits per heavy atom. The van der Waals surface area contributed by atoms with Crippen LogP contribution in [0.2, 0.25) is 0 Å². The number of nitrogens with zero attached hydrogens (tertiary/aromatic N) is 1. The summed E-state index contributed by atoms with van der Waals surface area (Å²) in [6.07, 6.45) is -0.517. The number of carbonyl (C=O) groups excluding carboxylic acids is 3. The van der Waals surface area contributed by atoms with Crippen LogP contribution in [0.25, 0.3) is 0 Å². The first-order valence-corrected chi connectivity index (χ1v) is 18.6. The molecule has 0 aliphatic rings. The number of nitrogens with two attached hydrogens (primary N) is 2. The van der Waals surface area contributed by atoms with Gasteiger partial charge in [0.1, 0.15) is 30.2 Å². The molecule has 3 rings (SSSR count). The van der Waals surface area contributed by atoms with Gasteiger partial charge in [-0.1, -0.05) is 42.0 Å². The van der Waals surface area contributed by atoms with Gasteiger partial charge >= 0.3 is 6.09 Å². The fraction of sp³-hybridized carbons (Fsp3) is 0.371. The summed E-state index contributed by atoms with van der Waals surface area (Å²) in [5.41, 5.74) is 15.3. The number of thioether (sulfide) groups is 1. The molecule has 0 radical (unpaired) electrons. The SMILES string of the molecule is COc1ccc(COC(=O)N[C@@H](CSCc2ccc(OC)cc2)C(=O)N[C@@H](CCCN=C(N)NS(=O)(=O)c2c(C)cc(C)cc2C)C(N)=O)cc1. The standard InChI is InChI=1S/C35H46N6O8S2/c1-22-17-23(2)31(24(3)18-22)51(45,46)41-34(37)38-16-6-7-29(32(36)42)39-33(43)30(21-50-20-26-10-14-28(48-5)15-11-26)40-35(44)49-19-25-8-12-27(47-4)13-9-25/h8-15,17-18,29-30H,6-7,16,19-21H2,1-5H3,(H2,36,42)(H,39,43)(H,40,44)(H3,37,38,41)/t29-,30-/m0/s1. The summed E-state index contributed by atoms with van der Waals surface area (Å²) < 4.78 is 43.9. The second-order valence-electron chi connectivity index (χ2n) is 11.7. The lowest BCUT2D eigenvalue weighted by atomic mass is 10.1.